The maximum Gasteiger partial charge on any atom is 0.0897 e. The number of rotatable bonds is 7. The van der Waals surface area contributed by atoms with Gasteiger partial charge in [-0.25, -0.2) is 4.98 Å². The molecule has 0 saturated carbocycles. The first-order valence-electron chi connectivity index (χ1n) is 7.33. The molecule has 0 amide bonds. The van der Waals surface area contributed by atoms with Crippen LogP contribution in [-0.2, 0) is 19.4 Å². The van der Waals surface area contributed by atoms with Crippen molar-refractivity contribution in [3.05, 3.63) is 51.5 Å². The summed E-state index contributed by atoms with van der Waals surface area (Å²) in [5, 5.41) is 6.79. The second kappa shape index (κ2) is 7.55. The summed E-state index contributed by atoms with van der Waals surface area (Å²) in [6, 6.07) is 8.97. The van der Waals surface area contributed by atoms with Gasteiger partial charge < -0.3 is 5.32 Å². The van der Waals surface area contributed by atoms with Crippen molar-refractivity contribution in [1.82, 2.24) is 10.3 Å². The van der Waals surface area contributed by atoms with Crippen molar-refractivity contribution in [1.29, 1.82) is 0 Å². The minimum absolute atomic E-state index is 0.723. The van der Waals surface area contributed by atoms with Crippen molar-refractivity contribution in [2.45, 2.75) is 40.2 Å². The van der Waals surface area contributed by atoms with Crippen molar-refractivity contribution < 1.29 is 0 Å². The van der Waals surface area contributed by atoms with E-state index in [1.807, 2.05) is 0 Å². The lowest BCUT2D eigenvalue weighted by Gasteiger charge is -2.07. The second-order valence-electron chi connectivity index (χ2n) is 5.70. The molecule has 0 spiro atoms. The fraction of sp³-hybridized carbons (Fsp3) is 0.471. The van der Waals surface area contributed by atoms with Crippen LogP contribution >= 0.6 is 11.3 Å². The monoisotopic (exact) mass is 288 g/mol. The molecule has 1 heterocycles. The van der Waals surface area contributed by atoms with Gasteiger partial charge in [0, 0.05) is 24.9 Å². The Kier molecular flexibility index (Phi) is 5.74. The van der Waals surface area contributed by atoms with E-state index >= 15 is 0 Å². The molecular formula is C17H24N2S. The minimum atomic E-state index is 0.723. The quantitative estimate of drug-likeness (QED) is 0.779. The highest BCUT2D eigenvalue weighted by molar-refractivity contribution is 7.09. The van der Waals surface area contributed by atoms with Crippen LogP contribution in [0.25, 0.3) is 0 Å². The van der Waals surface area contributed by atoms with Crippen LogP contribution < -0.4 is 5.32 Å². The average molecular weight is 288 g/mol. The fourth-order valence-corrected chi connectivity index (χ4v) is 2.88. The van der Waals surface area contributed by atoms with Crippen molar-refractivity contribution in [2.75, 3.05) is 6.54 Å². The molecule has 0 unspecified atom stereocenters. The van der Waals surface area contributed by atoms with Crippen LogP contribution in [0.4, 0.5) is 0 Å². The average Bonchev–Trinajstić information content (AvgIpc) is 2.82. The molecule has 1 aromatic heterocycles. The fourth-order valence-electron chi connectivity index (χ4n) is 2.24. The van der Waals surface area contributed by atoms with Gasteiger partial charge in [0.15, 0.2) is 0 Å². The van der Waals surface area contributed by atoms with Crippen LogP contribution in [0, 0.1) is 12.8 Å². The van der Waals surface area contributed by atoms with Crippen LogP contribution in [0.1, 0.15) is 35.7 Å². The van der Waals surface area contributed by atoms with E-state index in [1.54, 1.807) is 11.3 Å². The maximum atomic E-state index is 4.47. The number of aryl methyl sites for hydroxylation is 1. The normalized spacial score (nSPS) is 11.2. The topological polar surface area (TPSA) is 24.9 Å². The van der Waals surface area contributed by atoms with Gasteiger partial charge in [-0.1, -0.05) is 38.1 Å². The minimum Gasteiger partial charge on any atom is -0.312 e. The summed E-state index contributed by atoms with van der Waals surface area (Å²) in [6.07, 6.45) is 2.17. The summed E-state index contributed by atoms with van der Waals surface area (Å²) in [5.41, 5.74) is 3.99. The number of aromatic nitrogens is 1. The Morgan fingerprint density at radius 2 is 1.85 bits per heavy atom. The molecule has 1 N–H and O–H groups in total. The standard InChI is InChI=1S/C17H24N2S/c1-13(2)10-15-4-6-16(7-5-15)11-18-9-8-17-12-20-14(3)19-17/h4-7,12-13,18H,8-11H2,1-3H3. The lowest BCUT2D eigenvalue weighted by atomic mass is 10.0. The highest BCUT2D eigenvalue weighted by Crippen LogP contribution is 2.10. The van der Waals surface area contributed by atoms with E-state index in [0.29, 0.717) is 0 Å². The highest BCUT2D eigenvalue weighted by Gasteiger charge is 2.00. The Hall–Kier alpha value is -1.19. The predicted molar refractivity (Wildman–Crippen MR) is 87.2 cm³/mol. The Labute approximate surface area is 126 Å². The number of benzene rings is 1. The van der Waals surface area contributed by atoms with Gasteiger partial charge >= 0.3 is 0 Å². The Balaban J connectivity index is 1.71. The van der Waals surface area contributed by atoms with Crippen molar-refractivity contribution in [3.63, 3.8) is 0 Å². The third-order valence-electron chi connectivity index (χ3n) is 3.22. The zero-order chi connectivity index (χ0) is 14.4. The molecule has 2 nitrogen and oxygen atoms in total. The molecule has 0 aliphatic carbocycles. The Morgan fingerprint density at radius 3 is 2.45 bits per heavy atom. The number of hydrogen-bond acceptors (Lipinski definition) is 3. The molecule has 0 aliphatic heterocycles. The zero-order valence-corrected chi connectivity index (χ0v) is 13.5. The molecule has 108 valence electrons. The van der Waals surface area contributed by atoms with Crippen LogP contribution in [0.3, 0.4) is 0 Å². The molecule has 20 heavy (non-hydrogen) atoms. The number of hydrogen-bond donors (Lipinski definition) is 1. The summed E-state index contributed by atoms with van der Waals surface area (Å²) in [6.45, 7) is 8.49. The Bertz CT molecular complexity index is 514. The summed E-state index contributed by atoms with van der Waals surface area (Å²) in [5.74, 6) is 0.723. The van der Waals surface area contributed by atoms with E-state index in [-0.39, 0.29) is 0 Å². The van der Waals surface area contributed by atoms with E-state index < -0.39 is 0 Å². The van der Waals surface area contributed by atoms with Gasteiger partial charge in [0.05, 0.1) is 10.7 Å². The number of nitrogens with zero attached hydrogens (tertiary/aromatic N) is 1. The molecule has 0 saturated heterocycles. The lowest BCUT2D eigenvalue weighted by molar-refractivity contribution is 0.646. The maximum absolute atomic E-state index is 4.47. The summed E-state index contributed by atoms with van der Waals surface area (Å²) in [4.78, 5) is 4.47. The van der Waals surface area contributed by atoms with Crippen LogP contribution in [0.15, 0.2) is 29.6 Å². The first kappa shape index (κ1) is 15.2. The van der Waals surface area contributed by atoms with Gasteiger partial charge in [-0.3, -0.25) is 0 Å². The van der Waals surface area contributed by atoms with Gasteiger partial charge in [0.2, 0.25) is 0 Å². The molecule has 0 fully saturated rings. The first-order chi connectivity index (χ1) is 9.63. The molecular weight excluding hydrogens is 264 g/mol. The number of nitrogens with one attached hydrogen (secondary N) is 1. The zero-order valence-electron chi connectivity index (χ0n) is 12.6. The third-order valence-corrected chi connectivity index (χ3v) is 4.04. The molecule has 3 heteroatoms. The Morgan fingerprint density at radius 1 is 1.15 bits per heavy atom. The molecule has 2 aromatic rings. The van der Waals surface area contributed by atoms with E-state index in [0.717, 1.165) is 36.9 Å². The highest BCUT2D eigenvalue weighted by atomic mass is 32.1. The SMILES string of the molecule is Cc1nc(CCNCc2ccc(CC(C)C)cc2)cs1. The molecule has 0 atom stereocenters. The molecule has 2 rings (SSSR count). The molecule has 1 aromatic carbocycles. The van der Waals surface area contributed by atoms with Crippen LogP contribution in [0.5, 0.6) is 0 Å². The third kappa shape index (κ3) is 5.06. The smallest absolute Gasteiger partial charge is 0.0897 e. The van der Waals surface area contributed by atoms with Crippen molar-refractivity contribution >= 4 is 11.3 Å². The van der Waals surface area contributed by atoms with Crippen molar-refractivity contribution in [2.24, 2.45) is 5.92 Å². The van der Waals surface area contributed by atoms with Gasteiger partial charge in [-0.2, -0.15) is 0 Å². The van der Waals surface area contributed by atoms with Gasteiger partial charge in [-0.15, -0.1) is 11.3 Å². The lowest BCUT2D eigenvalue weighted by Crippen LogP contribution is -2.16. The van der Waals surface area contributed by atoms with E-state index in [9.17, 15) is 0 Å². The van der Waals surface area contributed by atoms with Gasteiger partial charge in [-0.05, 0) is 30.4 Å². The van der Waals surface area contributed by atoms with E-state index in [4.69, 9.17) is 0 Å². The summed E-state index contributed by atoms with van der Waals surface area (Å²) < 4.78 is 0. The van der Waals surface area contributed by atoms with Crippen molar-refractivity contribution in [3.8, 4) is 0 Å². The van der Waals surface area contributed by atoms with E-state index in [1.165, 1.54) is 16.8 Å². The van der Waals surface area contributed by atoms with Gasteiger partial charge in [0.25, 0.3) is 0 Å². The predicted octanol–water partition coefficient (Wildman–Crippen LogP) is 3.98. The first-order valence-corrected chi connectivity index (χ1v) is 8.21. The largest absolute Gasteiger partial charge is 0.312 e. The summed E-state index contributed by atoms with van der Waals surface area (Å²) in [7, 11) is 0. The molecule has 0 bridgehead atoms. The second-order valence-corrected chi connectivity index (χ2v) is 6.76. The van der Waals surface area contributed by atoms with Crippen LogP contribution in [-0.4, -0.2) is 11.5 Å². The molecule has 0 radical (unpaired) electrons. The van der Waals surface area contributed by atoms with Crippen LogP contribution in [0.2, 0.25) is 0 Å². The van der Waals surface area contributed by atoms with E-state index in [2.05, 4.69) is 60.7 Å². The molecule has 0 aliphatic rings. The van der Waals surface area contributed by atoms with Gasteiger partial charge in [0.1, 0.15) is 0 Å². The summed E-state index contributed by atoms with van der Waals surface area (Å²) >= 11 is 1.73. The number of thiazole rings is 1.